The van der Waals surface area contributed by atoms with E-state index in [1.54, 1.807) is 0 Å². The van der Waals surface area contributed by atoms with Crippen molar-refractivity contribution in [3.8, 4) is 0 Å². The number of aromatic nitrogens is 2. The summed E-state index contributed by atoms with van der Waals surface area (Å²) >= 11 is 5.74. The molecule has 7 heteroatoms. The number of carbonyl (C=O) groups is 1. The van der Waals surface area contributed by atoms with Crippen LogP contribution in [0.25, 0.3) is 0 Å². The molecule has 1 amide bonds. The van der Waals surface area contributed by atoms with Gasteiger partial charge in [-0.15, -0.1) is 0 Å². The second kappa shape index (κ2) is 9.75. The van der Waals surface area contributed by atoms with Gasteiger partial charge in [-0.05, 0) is 61.0 Å². The summed E-state index contributed by atoms with van der Waals surface area (Å²) in [7, 11) is 0. The Bertz CT molecular complexity index is 1090. The zero-order chi connectivity index (χ0) is 22.6. The number of nitrogens with zero attached hydrogens (tertiary/aromatic N) is 3. The summed E-state index contributed by atoms with van der Waals surface area (Å²) in [4.78, 5) is 19.4. The molecule has 1 saturated carbocycles. The molecule has 1 saturated heterocycles. The van der Waals surface area contributed by atoms with Gasteiger partial charge in [0, 0.05) is 43.3 Å². The van der Waals surface area contributed by atoms with Crippen LogP contribution in [-0.4, -0.2) is 32.0 Å². The van der Waals surface area contributed by atoms with Crippen LogP contribution in [0.15, 0.2) is 73.2 Å². The van der Waals surface area contributed by atoms with Crippen LogP contribution in [0.1, 0.15) is 61.5 Å². The molecule has 2 atom stereocenters. The number of para-hydroxylation sites is 1. The standard InChI is InChI=1S/C26H29N5OS/c32-23(28-20-8-2-1-3-9-20)14-17-31-25(19-13-16-30(18-19)21-10-4-5-11-21)24(29-26(31)33)22-12-6-7-15-27-22/h1-3,6-9,12-13,15-16,18,21,24-25H,4-5,10-11,14,17H2,(H,28,32)(H,29,33)/t24-,25+/m1/s1. The molecular weight excluding hydrogens is 430 g/mol. The van der Waals surface area contributed by atoms with Crippen molar-refractivity contribution in [1.82, 2.24) is 19.8 Å². The zero-order valence-electron chi connectivity index (χ0n) is 18.6. The molecule has 6 nitrogen and oxygen atoms in total. The van der Waals surface area contributed by atoms with Gasteiger partial charge in [-0.25, -0.2) is 0 Å². The fraction of sp³-hybridized carbons (Fsp3) is 0.346. The maximum absolute atomic E-state index is 12.6. The normalized spacial score (nSPS) is 20.7. The first-order valence-electron chi connectivity index (χ1n) is 11.7. The summed E-state index contributed by atoms with van der Waals surface area (Å²) < 4.78 is 2.36. The lowest BCUT2D eigenvalue weighted by Gasteiger charge is -2.27. The Kier molecular flexibility index (Phi) is 6.39. The Morgan fingerprint density at radius 3 is 2.64 bits per heavy atom. The Morgan fingerprint density at radius 2 is 1.88 bits per heavy atom. The molecule has 0 radical (unpaired) electrons. The summed E-state index contributed by atoms with van der Waals surface area (Å²) in [5, 5.41) is 7.11. The maximum atomic E-state index is 12.6. The summed E-state index contributed by atoms with van der Waals surface area (Å²) in [5.74, 6) is -0.0208. The van der Waals surface area contributed by atoms with Crippen molar-refractivity contribution in [3.63, 3.8) is 0 Å². The van der Waals surface area contributed by atoms with Gasteiger partial charge < -0.3 is 20.1 Å². The second-order valence-corrected chi connectivity index (χ2v) is 9.20. The molecule has 3 aromatic rings. The smallest absolute Gasteiger partial charge is 0.226 e. The van der Waals surface area contributed by atoms with Crippen molar-refractivity contribution in [1.29, 1.82) is 0 Å². The molecule has 170 valence electrons. The number of rotatable bonds is 7. The number of nitrogens with one attached hydrogen (secondary N) is 2. The van der Waals surface area contributed by atoms with Crippen LogP contribution >= 0.6 is 12.2 Å². The van der Waals surface area contributed by atoms with E-state index in [0.29, 0.717) is 24.1 Å². The van der Waals surface area contributed by atoms with Gasteiger partial charge in [0.1, 0.15) is 0 Å². The molecule has 3 heterocycles. The molecule has 2 fully saturated rings. The van der Waals surface area contributed by atoms with Crippen molar-refractivity contribution < 1.29 is 4.79 Å². The number of thiocarbonyl (C=S) groups is 1. The average Bonchev–Trinajstić information content (AvgIpc) is 3.59. The minimum absolute atomic E-state index is 0.0143. The van der Waals surface area contributed by atoms with E-state index in [-0.39, 0.29) is 18.0 Å². The highest BCUT2D eigenvalue weighted by Crippen LogP contribution is 2.40. The summed E-state index contributed by atoms with van der Waals surface area (Å²) in [6, 6.07) is 18.2. The quantitative estimate of drug-likeness (QED) is 0.487. The lowest BCUT2D eigenvalue weighted by molar-refractivity contribution is -0.116. The van der Waals surface area contributed by atoms with E-state index in [1.165, 1.54) is 31.2 Å². The Labute approximate surface area is 200 Å². The molecule has 0 bridgehead atoms. The number of benzene rings is 1. The van der Waals surface area contributed by atoms with Gasteiger partial charge in [-0.1, -0.05) is 37.1 Å². The first kappa shape index (κ1) is 21.6. The highest BCUT2D eigenvalue weighted by molar-refractivity contribution is 7.80. The van der Waals surface area contributed by atoms with Gasteiger partial charge in [0.2, 0.25) is 5.91 Å². The van der Waals surface area contributed by atoms with Crippen molar-refractivity contribution in [2.24, 2.45) is 0 Å². The molecule has 2 N–H and O–H groups in total. The van der Waals surface area contributed by atoms with Crippen molar-refractivity contribution in [2.75, 3.05) is 11.9 Å². The summed E-state index contributed by atoms with van der Waals surface area (Å²) in [5.41, 5.74) is 2.96. The number of hydrogen-bond donors (Lipinski definition) is 2. The van der Waals surface area contributed by atoms with E-state index in [9.17, 15) is 4.79 Å². The first-order valence-corrected chi connectivity index (χ1v) is 12.1. The van der Waals surface area contributed by atoms with Crippen LogP contribution < -0.4 is 10.6 Å². The first-order chi connectivity index (χ1) is 16.2. The van der Waals surface area contributed by atoms with Crippen LogP contribution in [-0.2, 0) is 4.79 Å². The highest BCUT2D eigenvalue weighted by atomic mass is 32.1. The summed E-state index contributed by atoms with van der Waals surface area (Å²) in [6.07, 6.45) is 11.7. The third-order valence-corrected chi connectivity index (χ3v) is 7.01. The van der Waals surface area contributed by atoms with Gasteiger partial charge >= 0.3 is 0 Å². The maximum Gasteiger partial charge on any atom is 0.226 e. The monoisotopic (exact) mass is 459 g/mol. The van der Waals surface area contributed by atoms with Crippen molar-refractivity contribution in [2.45, 2.75) is 50.2 Å². The van der Waals surface area contributed by atoms with Crippen molar-refractivity contribution >= 4 is 28.9 Å². The molecule has 0 spiro atoms. The number of carbonyl (C=O) groups excluding carboxylic acids is 1. The number of anilines is 1. The summed E-state index contributed by atoms with van der Waals surface area (Å²) in [6.45, 7) is 0.535. The van der Waals surface area contributed by atoms with Crippen LogP contribution in [0.2, 0.25) is 0 Å². The minimum Gasteiger partial charge on any atom is -0.352 e. The average molecular weight is 460 g/mol. The van der Waals surface area contributed by atoms with E-state index in [0.717, 1.165) is 11.4 Å². The highest BCUT2D eigenvalue weighted by Gasteiger charge is 2.40. The zero-order valence-corrected chi connectivity index (χ0v) is 19.4. The SMILES string of the molecule is O=C(CCN1C(=S)N[C@H](c2ccccn2)[C@@H]1c1ccn(C2CCCC2)c1)Nc1ccccc1. The lowest BCUT2D eigenvalue weighted by Crippen LogP contribution is -2.32. The van der Waals surface area contributed by atoms with Crippen LogP contribution in [0.5, 0.6) is 0 Å². The topological polar surface area (TPSA) is 62.2 Å². The third kappa shape index (κ3) is 4.78. The Balaban J connectivity index is 1.36. The predicted molar refractivity (Wildman–Crippen MR) is 134 cm³/mol. The van der Waals surface area contributed by atoms with Gasteiger partial charge in [-0.3, -0.25) is 9.78 Å². The molecule has 1 aromatic carbocycles. The van der Waals surface area contributed by atoms with Crippen LogP contribution in [0, 0.1) is 0 Å². The lowest BCUT2D eigenvalue weighted by atomic mass is 9.99. The largest absolute Gasteiger partial charge is 0.352 e. The van der Waals surface area contributed by atoms with E-state index >= 15 is 0 Å². The molecule has 2 aliphatic rings. The number of amides is 1. The predicted octanol–water partition coefficient (Wildman–Crippen LogP) is 5.00. The van der Waals surface area contributed by atoms with Gasteiger partial charge in [-0.2, -0.15) is 0 Å². The van der Waals surface area contributed by atoms with E-state index < -0.39 is 0 Å². The van der Waals surface area contributed by atoms with E-state index in [1.807, 2.05) is 54.7 Å². The number of hydrogen-bond acceptors (Lipinski definition) is 3. The fourth-order valence-electron chi connectivity index (χ4n) is 5.01. The second-order valence-electron chi connectivity index (χ2n) is 8.81. The molecule has 2 aromatic heterocycles. The van der Waals surface area contributed by atoms with Crippen LogP contribution in [0.4, 0.5) is 5.69 Å². The van der Waals surface area contributed by atoms with Gasteiger partial charge in [0.15, 0.2) is 5.11 Å². The Morgan fingerprint density at radius 1 is 1.09 bits per heavy atom. The third-order valence-electron chi connectivity index (χ3n) is 6.66. The molecule has 0 unspecified atom stereocenters. The molecule has 33 heavy (non-hydrogen) atoms. The minimum atomic E-state index is -0.0599. The van der Waals surface area contributed by atoms with Gasteiger partial charge in [0.05, 0.1) is 17.8 Å². The van der Waals surface area contributed by atoms with Gasteiger partial charge in [0.25, 0.3) is 0 Å². The molecule has 5 rings (SSSR count). The fourth-order valence-corrected chi connectivity index (χ4v) is 5.34. The van der Waals surface area contributed by atoms with E-state index in [4.69, 9.17) is 12.2 Å². The molecule has 1 aliphatic carbocycles. The van der Waals surface area contributed by atoms with Crippen LogP contribution in [0.3, 0.4) is 0 Å². The molecule has 1 aliphatic heterocycles. The molecular formula is C26H29N5OS. The Hall–Kier alpha value is -3.19. The van der Waals surface area contributed by atoms with Crippen molar-refractivity contribution in [3.05, 3.63) is 84.4 Å². The number of pyridine rings is 1. The van der Waals surface area contributed by atoms with E-state index in [2.05, 4.69) is 43.5 Å².